The van der Waals surface area contributed by atoms with E-state index in [-0.39, 0.29) is 0 Å². The third kappa shape index (κ3) is 3.64. The Morgan fingerprint density at radius 3 is 3.15 bits per heavy atom. The number of rotatable bonds is 4. The van der Waals surface area contributed by atoms with E-state index in [9.17, 15) is 0 Å². The maximum atomic E-state index is 4.58. The molecule has 1 fully saturated rings. The lowest BCUT2D eigenvalue weighted by atomic mass is 9.92. The standard InChI is InChI=1S/C16H21N3S/c1-13-18-16(12-20-13)11-19-7-3-5-15(10-19)8-14-4-2-6-17-9-14/h2,4,6,9,12,15H,3,5,7-8,10-11H2,1H3/t15-/m1/s1. The number of hydrogen-bond donors (Lipinski definition) is 0. The van der Waals surface area contributed by atoms with Crippen molar-refractivity contribution in [2.24, 2.45) is 5.92 Å². The molecule has 0 amide bonds. The summed E-state index contributed by atoms with van der Waals surface area (Å²) in [7, 11) is 0. The number of aromatic nitrogens is 2. The van der Waals surface area contributed by atoms with Crippen LogP contribution in [0.15, 0.2) is 29.9 Å². The zero-order chi connectivity index (χ0) is 13.8. The minimum atomic E-state index is 0.757. The lowest BCUT2D eigenvalue weighted by molar-refractivity contribution is 0.165. The molecule has 2 aromatic rings. The molecule has 0 bridgehead atoms. The normalized spacial score (nSPS) is 20.1. The van der Waals surface area contributed by atoms with Crippen LogP contribution >= 0.6 is 11.3 Å². The predicted octanol–water partition coefficient (Wildman–Crippen LogP) is 3.30. The van der Waals surface area contributed by atoms with E-state index < -0.39 is 0 Å². The Morgan fingerprint density at radius 2 is 2.40 bits per heavy atom. The van der Waals surface area contributed by atoms with E-state index in [1.165, 1.54) is 42.2 Å². The highest BCUT2D eigenvalue weighted by molar-refractivity contribution is 7.09. The van der Waals surface area contributed by atoms with Crippen molar-refractivity contribution in [1.82, 2.24) is 14.9 Å². The van der Waals surface area contributed by atoms with Crippen LogP contribution in [0.2, 0.25) is 0 Å². The number of nitrogens with zero attached hydrogens (tertiary/aromatic N) is 3. The maximum absolute atomic E-state index is 4.58. The van der Waals surface area contributed by atoms with Crippen molar-refractivity contribution in [3.05, 3.63) is 46.2 Å². The number of likely N-dealkylation sites (tertiary alicyclic amines) is 1. The monoisotopic (exact) mass is 287 g/mol. The zero-order valence-electron chi connectivity index (χ0n) is 12.0. The summed E-state index contributed by atoms with van der Waals surface area (Å²) in [6.07, 6.45) is 7.64. The Morgan fingerprint density at radius 1 is 1.45 bits per heavy atom. The summed E-state index contributed by atoms with van der Waals surface area (Å²) < 4.78 is 0. The molecular formula is C16H21N3S. The molecular weight excluding hydrogens is 266 g/mol. The van der Waals surface area contributed by atoms with E-state index in [0.29, 0.717) is 0 Å². The molecule has 20 heavy (non-hydrogen) atoms. The van der Waals surface area contributed by atoms with Crippen molar-refractivity contribution in [3.8, 4) is 0 Å². The van der Waals surface area contributed by atoms with Crippen LogP contribution in [-0.2, 0) is 13.0 Å². The first-order chi connectivity index (χ1) is 9.79. The zero-order valence-corrected chi connectivity index (χ0v) is 12.8. The topological polar surface area (TPSA) is 29.0 Å². The van der Waals surface area contributed by atoms with Gasteiger partial charge in [-0.3, -0.25) is 9.88 Å². The van der Waals surface area contributed by atoms with Crippen LogP contribution in [0.5, 0.6) is 0 Å². The summed E-state index contributed by atoms with van der Waals surface area (Å²) >= 11 is 1.75. The molecule has 3 nitrogen and oxygen atoms in total. The number of pyridine rings is 1. The minimum absolute atomic E-state index is 0.757. The van der Waals surface area contributed by atoms with Crippen molar-refractivity contribution >= 4 is 11.3 Å². The number of thiazole rings is 1. The van der Waals surface area contributed by atoms with E-state index in [1.807, 2.05) is 18.5 Å². The third-order valence-corrected chi connectivity index (χ3v) is 4.72. The van der Waals surface area contributed by atoms with Gasteiger partial charge in [0.2, 0.25) is 0 Å². The largest absolute Gasteiger partial charge is 0.297 e. The molecule has 1 aliphatic rings. The fraction of sp³-hybridized carbons (Fsp3) is 0.500. The Balaban J connectivity index is 1.56. The first-order valence-electron chi connectivity index (χ1n) is 7.32. The van der Waals surface area contributed by atoms with Gasteiger partial charge in [-0.25, -0.2) is 4.98 Å². The molecule has 106 valence electrons. The molecule has 0 radical (unpaired) electrons. The van der Waals surface area contributed by atoms with Gasteiger partial charge in [0.25, 0.3) is 0 Å². The van der Waals surface area contributed by atoms with Gasteiger partial charge in [0.05, 0.1) is 10.7 Å². The summed E-state index contributed by atoms with van der Waals surface area (Å²) in [4.78, 5) is 11.4. The minimum Gasteiger partial charge on any atom is -0.297 e. The van der Waals surface area contributed by atoms with Gasteiger partial charge in [-0.05, 0) is 50.3 Å². The van der Waals surface area contributed by atoms with Gasteiger partial charge in [0, 0.05) is 30.9 Å². The Hall–Kier alpha value is -1.26. The van der Waals surface area contributed by atoms with Gasteiger partial charge in [0.1, 0.15) is 0 Å². The van der Waals surface area contributed by atoms with Gasteiger partial charge in [-0.1, -0.05) is 6.07 Å². The molecule has 4 heteroatoms. The number of hydrogen-bond acceptors (Lipinski definition) is 4. The molecule has 2 aromatic heterocycles. The van der Waals surface area contributed by atoms with E-state index in [1.54, 1.807) is 11.3 Å². The van der Waals surface area contributed by atoms with Crippen LogP contribution in [0.4, 0.5) is 0 Å². The van der Waals surface area contributed by atoms with Gasteiger partial charge < -0.3 is 0 Å². The summed E-state index contributed by atoms with van der Waals surface area (Å²) in [6, 6.07) is 4.23. The van der Waals surface area contributed by atoms with E-state index in [4.69, 9.17) is 0 Å². The molecule has 3 rings (SSSR count). The Labute approximate surface area is 124 Å². The summed E-state index contributed by atoms with van der Waals surface area (Å²) in [5.74, 6) is 0.757. The van der Waals surface area contributed by atoms with Crippen molar-refractivity contribution in [2.75, 3.05) is 13.1 Å². The highest BCUT2D eigenvalue weighted by atomic mass is 32.1. The molecule has 3 heterocycles. The lowest BCUT2D eigenvalue weighted by Gasteiger charge is -2.32. The smallest absolute Gasteiger partial charge is 0.0897 e. The van der Waals surface area contributed by atoms with Gasteiger partial charge in [-0.2, -0.15) is 0 Å². The molecule has 1 aliphatic heterocycles. The lowest BCUT2D eigenvalue weighted by Crippen LogP contribution is -2.35. The average Bonchev–Trinajstić information content (AvgIpc) is 2.86. The third-order valence-electron chi connectivity index (χ3n) is 3.90. The van der Waals surface area contributed by atoms with Gasteiger partial charge in [-0.15, -0.1) is 11.3 Å². The molecule has 1 atom stereocenters. The molecule has 0 N–H and O–H groups in total. The van der Waals surface area contributed by atoms with Crippen LogP contribution in [-0.4, -0.2) is 28.0 Å². The van der Waals surface area contributed by atoms with Crippen molar-refractivity contribution in [1.29, 1.82) is 0 Å². The molecule has 0 aliphatic carbocycles. The number of aryl methyl sites for hydroxylation is 1. The van der Waals surface area contributed by atoms with Crippen LogP contribution in [0.3, 0.4) is 0 Å². The average molecular weight is 287 g/mol. The summed E-state index contributed by atoms with van der Waals surface area (Å²) in [5, 5.41) is 3.36. The highest BCUT2D eigenvalue weighted by Gasteiger charge is 2.20. The van der Waals surface area contributed by atoms with E-state index in [0.717, 1.165) is 18.9 Å². The van der Waals surface area contributed by atoms with Crippen LogP contribution in [0.1, 0.15) is 29.1 Å². The molecule has 0 aromatic carbocycles. The Kier molecular flexibility index (Phi) is 4.43. The summed E-state index contributed by atoms with van der Waals surface area (Å²) in [6.45, 7) is 5.48. The predicted molar refractivity (Wildman–Crippen MR) is 82.8 cm³/mol. The highest BCUT2D eigenvalue weighted by Crippen LogP contribution is 2.22. The summed E-state index contributed by atoms with van der Waals surface area (Å²) in [5.41, 5.74) is 2.60. The fourth-order valence-corrected chi connectivity index (χ4v) is 3.63. The fourth-order valence-electron chi connectivity index (χ4n) is 3.02. The van der Waals surface area contributed by atoms with Crippen LogP contribution in [0, 0.1) is 12.8 Å². The van der Waals surface area contributed by atoms with Crippen molar-refractivity contribution in [3.63, 3.8) is 0 Å². The molecule has 0 spiro atoms. The SMILES string of the molecule is Cc1nc(CN2CCC[C@H](Cc3cccnc3)C2)cs1. The van der Waals surface area contributed by atoms with E-state index in [2.05, 4.69) is 33.2 Å². The second kappa shape index (κ2) is 6.46. The first kappa shape index (κ1) is 13.7. The quantitative estimate of drug-likeness (QED) is 0.864. The first-order valence-corrected chi connectivity index (χ1v) is 8.20. The second-order valence-corrected chi connectivity index (χ2v) is 6.73. The molecule has 0 unspecified atom stereocenters. The van der Waals surface area contributed by atoms with Crippen LogP contribution in [0.25, 0.3) is 0 Å². The van der Waals surface area contributed by atoms with Crippen molar-refractivity contribution in [2.45, 2.75) is 32.7 Å². The van der Waals surface area contributed by atoms with Crippen molar-refractivity contribution < 1.29 is 0 Å². The molecule has 1 saturated heterocycles. The Bertz CT molecular complexity index is 538. The molecule has 0 saturated carbocycles. The maximum Gasteiger partial charge on any atom is 0.0897 e. The van der Waals surface area contributed by atoms with Crippen LogP contribution < -0.4 is 0 Å². The second-order valence-electron chi connectivity index (χ2n) is 5.67. The van der Waals surface area contributed by atoms with Gasteiger partial charge in [0.15, 0.2) is 0 Å². The van der Waals surface area contributed by atoms with Gasteiger partial charge >= 0.3 is 0 Å². The van der Waals surface area contributed by atoms with E-state index >= 15 is 0 Å². The number of piperidine rings is 1.